The van der Waals surface area contributed by atoms with Crippen LogP contribution in [0.4, 0.5) is 5.82 Å². The van der Waals surface area contributed by atoms with E-state index < -0.39 is 0 Å². The van der Waals surface area contributed by atoms with Gasteiger partial charge in [-0.05, 0) is 31.9 Å². The number of aliphatic hydroxyl groups excluding tert-OH is 1. The fourth-order valence-electron chi connectivity index (χ4n) is 2.74. The van der Waals surface area contributed by atoms with E-state index in [2.05, 4.69) is 52.2 Å². The molecule has 1 heterocycles. The van der Waals surface area contributed by atoms with E-state index in [1.807, 2.05) is 24.8 Å². The maximum atomic E-state index is 9.50. The fraction of sp³-hybridized carbons (Fsp3) is 0.444. The van der Waals surface area contributed by atoms with E-state index in [4.69, 9.17) is 0 Å². The highest BCUT2D eigenvalue weighted by Gasteiger charge is 2.30. The van der Waals surface area contributed by atoms with Crippen LogP contribution in [0.2, 0.25) is 0 Å². The molecule has 4 nitrogen and oxygen atoms in total. The lowest BCUT2D eigenvalue weighted by atomic mass is 9.80. The second-order valence-electron chi connectivity index (χ2n) is 6.10. The Kier molecular flexibility index (Phi) is 5.18. The van der Waals surface area contributed by atoms with Gasteiger partial charge in [-0.15, -0.1) is 11.8 Å². The first kappa shape index (κ1) is 16.3. The van der Waals surface area contributed by atoms with E-state index in [1.54, 1.807) is 0 Å². The SMILES string of the molecule is Cc1nc(C2CC(O)C2)cc(N(C)CCSc2ccccc2)n1. The lowest BCUT2D eigenvalue weighted by Gasteiger charge is -2.31. The van der Waals surface area contributed by atoms with Crippen molar-refractivity contribution in [2.24, 2.45) is 0 Å². The average Bonchev–Trinajstić information content (AvgIpc) is 2.52. The minimum absolute atomic E-state index is 0.154. The smallest absolute Gasteiger partial charge is 0.132 e. The minimum Gasteiger partial charge on any atom is -0.393 e. The Hall–Kier alpha value is -1.59. The van der Waals surface area contributed by atoms with Crippen LogP contribution >= 0.6 is 11.8 Å². The summed E-state index contributed by atoms with van der Waals surface area (Å²) >= 11 is 1.86. The molecule has 2 aromatic rings. The molecule has 1 aliphatic rings. The number of thioether (sulfide) groups is 1. The van der Waals surface area contributed by atoms with E-state index in [9.17, 15) is 5.11 Å². The van der Waals surface area contributed by atoms with Crippen molar-refractivity contribution >= 4 is 17.6 Å². The molecule has 5 heteroatoms. The van der Waals surface area contributed by atoms with Gasteiger partial charge in [0.2, 0.25) is 0 Å². The summed E-state index contributed by atoms with van der Waals surface area (Å²) in [7, 11) is 2.08. The summed E-state index contributed by atoms with van der Waals surface area (Å²) in [5, 5.41) is 9.50. The number of anilines is 1. The lowest BCUT2D eigenvalue weighted by molar-refractivity contribution is 0.0731. The zero-order valence-corrected chi connectivity index (χ0v) is 14.5. The Morgan fingerprint density at radius 2 is 1.96 bits per heavy atom. The van der Waals surface area contributed by atoms with Crippen LogP contribution in [0.3, 0.4) is 0 Å². The van der Waals surface area contributed by atoms with Gasteiger partial charge < -0.3 is 10.0 Å². The Bertz CT molecular complexity index is 644. The number of aliphatic hydroxyl groups is 1. The molecular formula is C18H23N3OS. The molecule has 23 heavy (non-hydrogen) atoms. The number of benzene rings is 1. The monoisotopic (exact) mass is 329 g/mol. The third-order valence-electron chi connectivity index (χ3n) is 4.21. The zero-order chi connectivity index (χ0) is 16.2. The van der Waals surface area contributed by atoms with Crippen LogP contribution in [0, 0.1) is 6.92 Å². The van der Waals surface area contributed by atoms with Crippen molar-refractivity contribution in [1.29, 1.82) is 0 Å². The molecule has 3 rings (SSSR count). The van der Waals surface area contributed by atoms with E-state index in [0.717, 1.165) is 42.5 Å². The summed E-state index contributed by atoms with van der Waals surface area (Å²) in [6.07, 6.45) is 1.49. The van der Waals surface area contributed by atoms with Gasteiger partial charge in [0.1, 0.15) is 11.6 Å². The number of aryl methyl sites for hydroxylation is 1. The van der Waals surface area contributed by atoms with E-state index in [-0.39, 0.29) is 6.10 Å². The predicted molar refractivity (Wildman–Crippen MR) is 95.2 cm³/mol. The normalized spacial score (nSPS) is 20.1. The Morgan fingerprint density at radius 3 is 2.65 bits per heavy atom. The molecular weight excluding hydrogens is 306 g/mol. The maximum Gasteiger partial charge on any atom is 0.132 e. The van der Waals surface area contributed by atoms with Crippen molar-refractivity contribution in [2.75, 3.05) is 24.2 Å². The zero-order valence-electron chi connectivity index (χ0n) is 13.6. The van der Waals surface area contributed by atoms with Gasteiger partial charge in [-0.1, -0.05) is 18.2 Å². The van der Waals surface area contributed by atoms with E-state index in [0.29, 0.717) is 5.92 Å². The van der Waals surface area contributed by atoms with Crippen LogP contribution in [0.1, 0.15) is 30.3 Å². The molecule has 1 saturated carbocycles. The van der Waals surface area contributed by atoms with Crippen molar-refractivity contribution in [3.63, 3.8) is 0 Å². The molecule has 0 radical (unpaired) electrons. The average molecular weight is 329 g/mol. The number of nitrogens with zero attached hydrogens (tertiary/aromatic N) is 3. The van der Waals surface area contributed by atoms with Crippen LogP contribution in [-0.4, -0.2) is 40.5 Å². The van der Waals surface area contributed by atoms with Crippen molar-refractivity contribution in [1.82, 2.24) is 9.97 Å². The highest BCUT2D eigenvalue weighted by Crippen LogP contribution is 2.36. The topological polar surface area (TPSA) is 49.3 Å². The number of rotatable bonds is 6. The molecule has 1 N–H and O–H groups in total. The molecule has 0 unspecified atom stereocenters. The van der Waals surface area contributed by atoms with Crippen LogP contribution in [0.5, 0.6) is 0 Å². The fourth-order valence-corrected chi connectivity index (χ4v) is 3.69. The van der Waals surface area contributed by atoms with Gasteiger partial charge in [0, 0.05) is 41.9 Å². The van der Waals surface area contributed by atoms with Crippen molar-refractivity contribution in [3.8, 4) is 0 Å². The number of hydrogen-bond donors (Lipinski definition) is 1. The second kappa shape index (κ2) is 7.32. The molecule has 1 aromatic heterocycles. The lowest BCUT2D eigenvalue weighted by Crippen LogP contribution is -2.28. The summed E-state index contributed by atoms with van der Waals surface area (Å²) in [6, 6.07) is 12.5. The van der Waals surface area contributed by atoms with Gasteiger partial charge in [-0.2, -0.15) is 0 Å². The highest BCUT2D eigenvalue weighted by molar-refractivity contribution is 7.99. The summed E-state index contributed by atoms with van der Waals surface area (Å²) in [6.45, 7) is 2.87. The Morgan fingerprint density at radius 1 is 1.22 bits per heavy atom. The first-order chi connectivity index (χ1) is 11.1. The maximum absolute atomic E-state index is 9.50. The summed E-state index contributed by atoms with van der Waals surface area (Å²) in [5.74, 6) is 3.18. The molecule has 0 amide bonds. The molecule has 122 valence electrons. The van der Waals surface area contributed by atoms with Gasteiger partial charge in [-0.3, -0.25) is 0 Å². The number of aromatic nitrogens is 2. The first-order valence-electron chi connectivity index (χ1n) is 8.04. The van der Waals surface area contributed by atoms with Crippen LogP contribution in [-0.2, 0) is 0 Å². The largest absolute Gasteiger partial charge is 0.393 e. The van der Waals surface area contributed by atoms with Crippen molar-refractivity contribution in [2.45, 2.75) is 36.7 Å². The molecule has 0 aliphatic heterocycles. The second-order valence-corrected chi connectivity index (χ2v) is 7.27. The van der Waals surface area contributed by atoms with Crippen LogP contribution in [0.25, 0.3) is 0 Å². The van der Waals surface area contributed by atoms with E-state index >= 15 is 0 Å². The Labute approximate surface area is 142 Å². The van der Waals surface area contributed by atoms with Crippen LogP contribution in [0.15, 0.2) is 41.3 Å². The van der Waals surface area contributed by atoms with Crippen molar-refractivity contribution in [3.05, 3.63) is 47.9 Å². The third-order valence-corrected chi connectivity index (χ3v) is 5.20. The molecule has 0 atom stereocenters. The van der Waals surface area contributed by atoms with Gasteiger partial charge >= 0.3 is 0 Å². The van der Waals surface area contributed by atoms with Gasteiger partial charge in [-0.25, -0.2) is 9.97 Å². The van der Waals surface area contributed by atoms with Gasteiger partial charge in [0.25, 0.3) is 0 Å². The van der Waals surface area contributed by atoms with E-state index in [1.165, 1.54) is 4.90 Å². The highest BCUT2D eigenvalue weighted by atomic mass is 32.2. The molecule has 1 aromatic carbocycles. The third kappa shape index (κ3) is 4.24. The summed E-state index contributed by atoms with van der Waals surface area (Å²) in [4.78, 5) is 12.6. The molecule has 1 aliphatic carbocycles. The standard InChI is InChI=1S/C18H23N3OS/c1-13-19-17(14-10-15(22)11-14)12-18(20-13)21(2)8-9-23-16-6-4-3-5-7-16/h3-7,12,14-15,22H,8-11H2,1-2H3. The molecule has 0 spiro atoms. The predicted octanol–water partition coefficient (Wildman–Crippen LogP) is 3.25. The quantitative estimate of drug-likeness (QED) is 0.825. The van der Waals surface area contributed by atoms with Crippen molar-refractivity contribution < 1.29 is 5.11 Å². The summed E-state index contributed by atoms with van der Waals surface area (Å²) < 4.78 is 0. The first-order valence-corrected chi connectivity index (χ1v) is 9.03. The van der Waals surface area contributed by atoms with Gasteiger partial charge in [0.15, 0.2) is 0 Å². The Balaban J connectivity index is 1.59. The minimum atomic E-state index is -0.154. The molecule has 1 fully saturated rings. The van der Waals surface area contributed by atoms with Crippen LogP contribution < -0.4 is 4.90 Å². The van der Waals surface area contributed by atoms with Gasteiger partial charge in [0.05, 0.1) is 6.10 Å². The molecule has 0 saturated heterocycles. The molecule has 0 bridgehead atoms. The number of hydrogen-bond acceptors (Lipinski definition) is 5. The summed E-state index contributed by atoms with van der Waals surface area (Å²) in [5.41, 5.74) is 1.07.